The van der Waals surface area contributed by atoms with E-state index >= 15 is 0 Å². The first kappa shape index (κ1) is 14.1. The zero-order valence-corrected chi connectivity index (χ0v) is 13.2. The van der Waals surface area contributed by atoms with Gasteiger partial charge in [-0.3, -0.25) is 0 Å². The number of hydrogen-bond donors (Lipinski definition) is 1. The van der Waals surface area contributed by atoms with Crippen LogP contribution in [0.25, 0.3) is 11.3 Å². The maximum absolute atomic E-state index is 5.97. The Morgan fingerprint density at radius 3 is 2.71 bits per heavy atom. The van der Waals surface area contributed by atoms with Gasteiger partial charge < -0.3 is 5.32 Å². The molecule has 0 bridgehead atoms. The molecule has 0 unspecified atom stereocenters. The molecule has 0 amide bonds. The third-order valence-electron chi connectivity index (χ3n) is 3.24. The van der Waals surface area contributed by atoms with E-state index in [0.29, 0.717) is 0 Å². The Balaban J connectivity index is 1.70. The molecule has 3 aromatic rings. The van der Waals surface area contributed by atoms with Gasteiger partial charge >= 0.3 is 0 Å². The molecule has 0 aliphatic rings. The summed E-state index contributed by atoms with van der Waals surface area (Å²) in [5.41, 5.74) is 4.42. The first-order valence-electron chi connectivity index (χ1n) is 6.72. The van der Waals surface area contributed by atoms with Crippen LogP contribution < -0.4 is 5.32 Å². The standard InChI is InChI=1S/C17H15ClN2S/c1-12-9-14(18)7-8-15(12)19-10-17-20-16(11-21-17)13-5-3-2-4-6-13/h2-9,11,19H,10H2,1H3. The van der Waals surface area contributed by atoms with Crippen molar-refractivity contribution < 1.29 is 0 Å². The van der Waals surface area contributed by atoms with Gasteiger partial charge in [0.25, 0.3) is 0 Å². The van der Waals surface area contributed by atoms with Gasteiger partial charge in [0.2, 0.25) is 0 Å². The molecule has 0 saturated carbocycles. The Morgan fingerprint density at radius 2 is 1.95 bits per heavy atom. The molecule has 0 spiro atoms. The van der Waals surface area contributed by atoms with Crippen molar-refractivity contribution in [2.45, 2.75) is 13.5 Å². The minimum Gasteiger partial charge on any atom is -0.378 e. The lowest BCUT2D eigenvalue weighted by Gasteiger charge is -2.08. The van der Waals surface area contributed by atoms with Gasteiger partial charge in [-0.25, -0.2) is 4.98 Å². The van der Waals surface area contributed by atoms with E-state index < -0.39 is 0 Å². The van der Waals surface area contributed by atoms with Crippen LogP contribution in [0.5, 0.6) is 0 Å². The lowest BCUT2D eigenvalue weighted by atomic mass is 10.2. The molecule has 1 aromatic heterocycles. The van der Waals surface area contributed by atoms with Crippen LogP contribution in [0, 0.1) is 6.92 Å². The van der Waals surface area contributed by atoms with Crippen LogP contribution in [-0.2, 0) is 6.54 Å². The van der Waals surface area contributed by atoms with E-state index in [4.69, 9.17) is 11.6 Å². The van der Waals surface area contributed by atoms with E-state index in [9.17, 15) is 0 Å². The van der Waals surface area contributed by atoms with Crippen molar-refractivity contribution >= 4 is 28.6 Å². The molecule has 0 fully saturated rings. The van der Waals surface area contributed by atoms with Crippen molar-refractivity contribution in [1.29, 1.82) is 0 Å². The highest BCUT2D eigenvalue weighted by atomic mass is 35.5. The zero-order chi connectivity index (χ0) is 14.7. The van der Waals surface area contributed by atoms with E-state index in [-0.39, 0.29) is 0 Å². The van der Waals surface area contributed by atoms with Crippen LogP contribution in [0.3, 0.4) is 0 Å². The summed E-state index contributed by atoms with van der Waals surface area (Å²) in [6.45, 7) is 2.77. The monoisotopic (exact) mass is 314 g/mol. The minimum atomic E-state index is 0.722. The molecule has 1 N–H and O–H groups in total. The van der Waals surface area contributed by atoms with Crippen molar-refractivity contribution in [3.05, 3.63) is 69.5 Å². The maximum Gasteiger partial charge on any atom is 0.112 e. The summed E-state index contributed by atoms with van der Waals surface area (Å²) in [6.07, 6.45) is 0. The average molecular weight is 315 g/mol. The number of nitrogens with one attached hydrogen (secondary N) is 1. The van der Waals surface area contributed by atoms with E-state index in [1.54, 1.807) is 11.3 Å². The van der Waals surface area contributed by atoms with Gasteiger partial charge in [-0.2, -0.15) is 0 Å². The second kappa shape index (κ2) is 6.29. The number of benzene rings is 2. The summed E-state index contributed by atoms with van der Waals surface area (Å²) < 4.78 is 0. The number of halogens is 1. The summed E-state index contributed by atoms with van der Waals surface area (Å²) in [5, 5.41) is 7.34. The van der Waals surface area contributed by atoms with Crippen molar-refractivity contribution in [3.63, 3.8) is 0 Å². The second-order valence-electron chi connectivity index (χ2n) is 4.81. The Morgan fingerprint density at radius 1 is 1.14 bits per heavy atom. The second-order valence-corrected chi connectivity index (χ2v) is 6.18. The first-order chi connectivity index (χ1) is 10.2. The van der Waals surface area contributed by atoms with Crippen LogP contribution in [0.15, 0.2) is 53.9 Å². The molecule has 106 valence electrons. The van der Waals surface area contributed by atoms with Crippen LogP contribution in [-0.4, -0.2) is 4.98 Å². The molecule has 0 saturated heterocycles. The number of aromatic nitrogens is 1. The SMILES string of the molecule is Cc1cc(Cl)ccc1NCc1nc(-c2ccccc2)cs1. The van der Waals surface area contributed by atoms with Gasteiger partial charge in [0.15, 0.2) is 0 Å². The van der Waals surface area contributed by atoms with Gasteiger partial charge in [-0.15, -0.1) is 11.3 Å². The molecule has 0 radical (unpaired) electrons. The summed E-state index contributed by atoms with van der Waals surface area (Å²) in [5.74, 6) is 0. The number of thiazole rings is 1. The summed E-state index contributed by atoms with van der Waals surface area (Å²) in [7, 11) is 0. The van der Waals surface area contributed by atoms with Crippen LogP contribution in [0.1, 0.15) is 10.6 Å². The third kappa shape index (κ3) is 3.43. The summed E-state index contributed by atoms with van der Waals surface area (Å²) >= 11 is 7.64. The zero-order valence-electron chi connectivity index (χ0n) is 11.6. The average Bonchev–Trinajstić information content (AvgIpc) is 2.96. The van der Waals surface area contributed by atoms with Crippen molar-refractivity contribution in [2.75, 3.05) is 5.32 Å². The largest absolute Gasteiger partial charge is 0.378 e. The number of anilines is 1. The molecular formula is C17H15ClN2S. The number of rotatable bonds is 4. The highest BCUT2D eigenvalue weighted by Crippen LogP contribution is 2.24. The predicted molar refractivity (Wildman–Crippen MR) is 91.1 cm³/mol. The Bertz CT molecular complexity index is 738. The van der Waals surface area contributed by atoms with Crippen molar-refractivity contribution in [2.24, 2.45) is 0 Å². The van der Waals surface area contributed by atoms with Crippen LogP contribution in [0.4, 0.5) is 5.69 Å². The number of nitrogens with zero attached hydrogens (tertiary/aromatic N) is 1. The molecule has 3 rings (SSSR count). The molecule has 1 heterocycles. The Labute approximate surface area is 133 Å². The predicted octanol–water partition coefficient (Wildman–Crippen LogP) is 5.38. The van der Waals surface area contributed by atoms with Gasteiger partial charge in [0.1, 0.15) is 5.01 Å². The summed E-state index contributed by atoms with van der Waals surface area (Å²) in [4.78, 5) is 4.67. The van der Waals surface area contributed by atoms with Crippen molar-refractivity contribution in [3.8, 4) is 11.3 Å². The normalized spacial score (nSPS) is 10.6. The topological polar surface area (TPSA) is 24.9 Å². The molecule has 0 aliphatic carbocycles. The van der Waals surface area contributed by atoms with Gasteiger partial charge in [-0.1, -0.05) is 41.9 Å². The van der Waals surface area contributed by atoms with Crippen molar-refractivity contribution in [1.82, 2.24) is 4.98 Å². The lowest BCUT2D eigenvalue weighted by molar-refractivity contribution is 1.10. The maximum atomic E-state index is 5.97. The fraction of sp³-hybridized carbons (Fsp3) is 0.118. The van der Waals surface area contributed by atoms with E-state index in [0.717, 1.165) is 39.1 Å². The molecule has 21 heavy (non-hydrogen) atoms. The smallest absolute Gasteiger partial charge is 0.112 e. The first-order valence-corrected chi connectivity index (χ1v) is 7.98. The molecule has 2 aromatic carbocycles. The highest BCUT2D eigenvalue weighted by Gasteiger charge is 2.05. The molecule has 2 nitrogen and oxygen atoms in total. The fourth-order valence-electron chi connectivity index (χ4n) is 2.13. The molecule has 4 heteroatoms. The van der Waals surface area contributed by atoms with Crippen LogP contribution >= 0.6 is 22.9 Å². The number of aryl methyl sites for hydroxylation is 1. The third-order valence-corrected chi connectivity index (χ3v) is 4.32. The summed E-state index contributed by atoms with van der Waals surface area (Å²) in [6, 6.07) is 16.1. The lowest BCUT2D eigenvalue weighted by Crippen LogP contribution is -2.00. The fourth-order valence-corrected chi connectivity index (χ4v) is 3.10. The molecule has 0 atom stereocenters. The van der Waals surface area contributed by atoms with Gasteiger partial charge in [0.05, 0.1) is 12.2 Å². The molecule has 0 aliphatic heterocycles. The quantitative estimate of drug-likeness (QED) is 0.699. The Hall–Kier alpha value is -1.84. The van der Waals surface area contributed by atoms with E-state index in [1.165, 1.54) is 0 Å². The van der Waals surface area contributed by atoms with E-state index in [1.807, 2.05) is 43.3 Å². The van der Waals surface area contributed by atoms with E-state index in [2.05, 4.69) is 27.8 Å². The molecular weight excluding hydrogens is 300 g/mol. The van der Waals surface area contributed by atoms with Gasteiger partial charge in [-0.05, 0) is 30.7 Å². The number of hydrogen-bond acceptors (Lipinski definition) is 3. The highest BCUT2D eigenvalue weighted by molar-refractivity contribution is 7.09. The Kier molecular flexibility index (Phi) is 4.23. The van der Waals surface area contributed by atoms with Crippen LogP contribution in [0.2, 0.25) is 5.02 Å². The minimum absolute atomic E-state index is 0.722. The van der Waals surface area contributed by atoms with Gasteiger partial charge in [0, 0.05) is 21.7 Å².